The molecule has 1 unspecified atom stereocenters. The van der Waals surface area contributed by atoms with E-state index in [0.717, 1.165) is 161 Å². The maximum absolute atomic E-state index is 12.9. The maximum atomic E-state index is 12.9. The van der Waals surface area contributed by atoms with Gasteiger partial charge in [-0.3, -0.25) is 14.4 Å². The third-order valence-corrected chi connectivity index (χ3v) is 11.4. The Kier molecular flexibility index (Phi) is 56.1. The molecule has 0 aliphatic carbocycles. The van der Waals surface area contributed by atoms with E-state index in [1.54, 1.807) is 0 Å². The summed E-state index contributed by atoms with van der Waals surface area (Å²) in [5.74, 6) is -1.03. The highest BCUT2D eigenvalue weighted by Crippen LogP contribution is 2.12. The van der Waals surface area contributed by atoms with Gasteiger partial charge in [0, 0.05) is 19.3 Å². The molecule has 0 amide bonds. The van der Waals surface area contributed by atoms with Crippen molar-refractivity contribution in [3.8, 4) is 0 Å². The third kappa shape index (κ3) is 57.7. The number of hydrogen-bond donors (Lipinski definition) is 0. The van der Waals surface area contributed by atoms with Gasteiger partial charge in [0.05, 0.1) is 0 Å². The Morgan fingerprint density at radius 3 is 0.892 bits per heavy atom. The van der Waals surface area contributed by atoms with E-state index in [-0.39, 0.29) is 44.0 Å². The van der Waals surface area contributed by atoms with Crippen molar-refractivity contribution in [2.45, 2.75) is 226 Å². The number of unbranched alkanes of at least 4 members (excludes halogenated alkanes) is 11. The molecule has 0 saturated carbocycles. The predicted molar refractivity (Wildman–Crippen MR) is 320 cm³/mol. The van der Waals surface area contributed by atoms with Crippen molar-refractivity contribution in [3.05, 3.63) is 170 Å². The van der Waals surface area contributed by atoms with Gasteiger partial charge in [-0.05, 0) is 141 Å². The fourth-order valence-electron chi connectivity index (χ4n) is 7.14. The van der Waals surface area contributed by atoms with Crippen LogP contribution in [-0.4, -0.2) is 37.2 Å². The first-order valence-electron chi connectivity index (χ1n) is 29.1. The Morgan fingerprint density at radius 1 is 0.284 bits per heavy atom. The summed E-state index contributed by atoms with van der Waals surface area (Å²) in [7, 11) is 0. The van der Waals surface area contributed by atoms with Crippen LogP contribution in [0.5, 0.6) is 0 Å². The summed E-state index contributed by atoms with van der Waals surface area (Å²) in [6, 6.07) is 0. The Hall–Kier alpha value is -5.23. The number of hydrogen-bond acceptors (Lipinski definition) is 6. The number of rotatable bonds is 50. The van der Waals surface area contributed by atoms with Crippen LogP contribution in [0.2, 0.25) is 0 Å². The Morgan fingerprint density at radius 2 is 0.541 bits per heavy atom. The lowest BCUT2D eigenvalue weighted by Crippen LogP contribution is -2.30. The number of carbonyl (C=O) groups is 3. The van der Waals surface area contributed by atoms with Gasteiger partial charge in [0.15, 0.2) is 6.10 Å². The second kappa shape index (κ2) is 60.3. The predicted octanol–water partition coefficient (Wildman–Crippen LogP) is 19.9. The molecule has 0 aromatic rings. The van der Waals surface area contributed by atoms with Crippen LogP contribution in [0, 0.1) is 0 Å². The zero-order valence-corrected chi connectivity index (χ0v) is 47.0. The van der Waals surface area contributed by atoms with E-state index in [0.29, 0.717) is 12.8 Å². The maximum Gasteiger partial charge on any atom is 0.306 e. The van der Waals surface area contributed by atoms with E-state index in [1.807, 2.05) is 0 Å². The van der Waals surface area contributed by atoms with Crippen LogP contribution in [0.3, 0.4) is 0 Å². The average Bonchev–Trinajstić information content (AvgIpc) is 3.40. The largest absolute Gasteiger partial charge is 0.462 e. The van der Waals surface area contributed by atoms with Gasteiger partial charge in [0.2, 0.25) is 0 Å². The van der Waals surface area contributed by atoms with Gasteiger partial charge in [-0.2, -0.15) is 0 Å². The highest BCUT2D eigenvalue weighted by atomic mass is 16.6. The molecule has 0 aliphatic rings. The molecule has 0 aromatic carbocycles. The topological polar surface area (TPSA) is 78.9 Å². The van der Waals surface area contributed by atoms with Gasteiger partial charge < -0.3 is 14.2 Å². The minimum atomic E-state index is -0.828. The first kappa shape index (κ1) is 68.8. The number of ether oxygens (including phenoxy) is 3. The molecular formula is C68H104O6. The van der Waals surface area contributed by atoms with Crippen LogP contribution in [0.15, 0.2) is 170 Å². The van der Waals surface area contributed by atoms with Crippen molar-refractivity contribution in [1.82, 2.24) is 0 Å². The molecule has 0 rings (SSSR count). The molecule has 0 saturated heterocycles. The summed E-state index contributed by atoms with van der Waals surface area (Å²) in [4.78, 5) is 38.1. The van der Waals surface area contributed by atoms with E-state index in [1.165, 1.54) is 12.8 Å². The number of esters is 3. The fourth-order valence-corrected chi connectivity index (χ4v) is 7.14. The molecule has 0 N–H and O–H groups in total. The second-order valence-electron chi connectivity index (χ2n) is 18.4. The van der Waals surface area contributed by atoms with Crippen LogP contribution >= 0.6 is 0 Å². The molecule has 74 heavy (non-hydrogen) atoms. The molecule has 0 aromatic heterocycles. The second-order valence-corrected chi connectivity index (χ2v) is 18.4. The molecule has 412 valence electrons. The number of carbonyl (C=O) groups excluding carboxylic acids is 3. The van der Waals surface area contributed by atoms with Gasteiger partial charge in [-0.15, -0.1) is 0 Å². The van der Waals surface area contributed by atoms with Crippen molar-refractivity contribution in [3.63, 3.8) is 0 Å². The highest BCUT2D eigenvalue weighted by molar-refractivity contribution is 5.71. The lowest BCUT2D eigenvalue weighted by atomic mass is 10.1. The normalized spacial score (nSPS) is 13.4. The number of allylic oxidation sites excluding steroid dienone is 28. The molecule has 0 aliphatic heterocycles. The molecule has 0 spiro atoms. The minimum absolute atomic E-state index is 0.120. The quantitative estimate of drug-likeness (QED) is 0.0261. The zero-order chi connectivity index (χ0) is 53.6. The molecule has 6 heteroatoms. The first-order valence-corrected chi connectivity index (χ1v) is 29.1. The van der Waals surface area contributed by atoms with E-state index >= 15 is 0 Å². The lowest BCUT2D eigenvalue weighted by Gasteiger charge is -2.18. The molecule has 0 bridgehead atoms. The van der Waals surface area contributed by atoms with Crippen LogP contribution in [0.25, 0.3) is 0 Å². The molecule has 6 nitrogen and oxygen atoms in total. The van der Waals surface area contributed by atoms with Crippen molar-refractivity contribution < 1.29 is 28.6 Å². The third-order valence-electron chi connectivity index (χ3n) is 11.4. The van der Waals surface area contributed by atoms with Crippen molar-refractivity contribution >= 4 is 17.9 Å². The average molecular weight is 1020 g/mol. The summed E-state index contributed by atoms with van der Waals surface area (Å²) < 4.78 is 16.8. The Balaban J connectivity index is 4.51. The van der Waals surface area contributed by atoms with Gasteiger partial charge in [-0.1, -0.05) is 229 Å². The summed E-state index contributed by atoms with van der Waals surface area (Å²) in [5.41, 5.74) is 0. The van der Waals surface area contributed by atoms with E-state index < -0.39 is 6.10 Å². The van der Waals surface area contributed by atoms with Gasteiger partial charge in [-0.25, -0.2) is 0 Å². The standard InChI is InChI=1S/C68H104O6/c1-4-7-10-13-16-19-22-24-26-28-30-32-34-36-38-40-42-44-46-49-52-55-58-61-67(70)73-64-65(63-72-66(69)60-57-54-51-48-21-18-15-12-9-6-3)74-68(71)62-59-56-53-50-47-45-43-41-39-37-35-33-31-29-27-25-23-20-17-14-11-8-5-2/h7-8,10-12,15-17,19-20,24-27,30-33,36-39,42-45,49,52,65H,4-6,9,13-14,18,21-23,28-29,34-35,40-41,46-48,50-51,53-64H2,1-3H3/b10-7-,11-8-,15-12-,19-16-,20-17-,26-24-,27-25-,32-30-,33-31-,38-36-,39-37-,44-42-,45-43-,52-49-. The molecule has 1 atom stereocenters. The summed E-state index contributed by atoms with van der Waals surface area (Å²) >= 11 is 0. The monoisotopic (exact) mass is 1020 g/mol. The van der Waals surface area contributed by atoms with E-state index in [4.69, 9.17) is 14.2 Å². The van der Waals surface area contributed by atoms with Crippen molar-refractivity contribution in [2.24, 2.45) is 0 Å². The minimum Gasteiger partial charge on any atom is -0.462 e. The SMILES string of the molecule is CC/C=C\C/C=C\C/C=C\C/C=C\C/C=C\C/C=C\C/C=C\CCCC(=O)OCC(COC(=O)CCCCCCC/C=C\CCC)OC(=O)CCCCCC/C=C\C/C=C\C/C=C\C/C=C\C/C=C\C/C=C\CC. The van der Waals surface area contributed by atoms with Crippen molar-refractivity contribution in [2.75, 3.05) is 13.2 Å². The fraction of sp³-hybridized carbons (Fsp3) is 0.544. The van der Waals surface area contributed by atoms with Crippen LogP contribution < -0.4 is 0 Å². The summed E-state index contributed by atoms with van der Waals surface area (Å²) in [5, 5.41) is 0. The zero-order valence-electron chi connectivity index (χ0n) is 47.0. The smallest absolute Gasteiger partial charge is 0.306 e. The molecular weight excluding hydrogens is 913 g/mol. The Bertz CT molecular complexity index is 1740. The molecule has 0 fully saturated rings. The summed E-state index contributed by atoms with van der Waals surface area (Å²) in [6.45, 7) is 6.25. The van der Waals surface area contributed by atoms with E-state index in [2.05, 4.69) is 191 Å². The van der Waals surface area contributed by atoms with Gasteiger partial charge in [0.1, 0.15) is 13.2 Å². The molecule has 0 radical (unpaired) electrons. The van der Waals surface area contributed by atoms with Crippen molar-refractivity contribution in [1.29, 1.82) is 0 Å². The van der Waals surface area contributed by atoms with Gasteiger partial charge in [0.25, 0.3) is 0 Å². The van der Waals surface area contributed by atoms with Gasteiger partial charge >= 0.3 is 17.9 Å². The highest BCUT2D eigenvalue weighted by Gasteiger charge is 2.19. The van der Waals surface area contributed by atoms with Crippen LogP contribution in [-0.2, 0) is 28.6 Å². The van der Waals surface area contributed by atoms with Crippen LogP contribution in [0.1, 0.15) is 220 Å². The Labute approximate surface area is 453 Å². The first-order chi connectivity index (χ1) is 36.5. The molecule has 0 heterocycles. The summed E-state index contributed by atoms with van der Waals surface area (Å²) in [6.07, 6.45) is 89.3. The lowest BCUT2D eigenvalue weighted by molar-refractivity contribution is -0.167. The van der Waals surface area contributed by atoms with E-state index in [9.17, 15) is 14.4 Å². The van der Waals surface area contributed by atoms with Crippen LogP contribution in [0.4, 0.5) is 0 Å².